The number of hydrogen-bond donors (Lipinski definition) is 3. The van der Waals surface area contributed by atoms with Crippen molar-refractivity contribution in [2.75, 3.05) is 20.8 Å². The Labute approximate surface area is 121 Å². The summed E-state index contributed by atoms with van der Waals surface area (Å²) in [5, 5.41) is 29.8. The third kappa shape index (κ3) is 2.57. The van der Waals surface area contributed by atoms with Gasteiger partial charge in [0.2, 0.25) is 0 Å². The van der Waals surface area contributed by atoms with Gasteiger partial charge in [-0.05, 0) is 17.5 Å². The molecule has 0 saturated carbocycles. The van der Waals surface area contributed by atoms with Gasteiger partial charge in [0, 0.05) is 12.5 Å². The first-order valence-electron chi connectivity index (χ1n) is 6.28. The number of ketones is 1. The van der Waals surface area contributed by atoms with Crippen LogP contribution in [0.3, 0.4) is 0 Å². The van der Waals surface area contributed by atoms with Crippen molar-refractivity contribution in [3.63, 3.8) is 0 Å². The lowest BCUT2D eigenvalue weighted by Gasteiger charge is -2.14. The Morgan fingerprint density at radius 2 is 1.86 bits per heavy atom. The molecule has 0 aliphatic heterocycles. The number of aromatic hydroxyl groups is 2. The van der Waals surface area contributed by atoms with Crippen molar-refractivity contribution in [1.82, 2.24) is 0 Å². The second-order valence-corrected chi connectivity index (χ2v) is 4.44. The Bertz CT molecular complexity index is 692. The van der Waals surface area contributed by atoms with E-state index in [-0.39, 0.29) is 41.2 Å². The van der Waals surface area contributed by atoms with Crippen LogP contribution < -0.4 is 9.47 Å². The van der Waals surface area contributed by atoms with Crippen molar-refractivity contribution < 1.29 is 29.6 Å². The average Bonchev–Trinajstić information content (AvgIpc) is 2.46. The minimum Gasteiger partial charge on any atom is -0.507 e. The number of ether oxygens (including phenoxy) is 2. The number of rotatable bonds is 5. The van der Waals surface area contributed by atoms with Crippen LogP contribution in [0.1, 0.15) is 16.8 Å². The van der Waals surface area contributed by atoms with Crippen LogP contribution in [0.4, 0.5) is 0 Å². The van der Waals surface area contributed by atoms with Crippen LogP contribution in [-0.2, 0) is 0 Å². The first-order chi connectivity index (χ1) is 10.0. The molecular formula is C15H16O6. The molecule has 6 nitrogen and oxygen atoms in total. The number of carbonyl (C=O) groups is 1. The summed E-state index contributed by atoms with van der Waals surface area (Å²) in [6, 6.07) is 4.48. The molecule has 0 aromatic heterocycles. The summed E-state index contributed by atoms with van der Waals surface area (Å²) in [4.78, 5) is 12.0. The molecule has 0 aliphatic rings. The zero-order chi connectivity index (χ0) is 15.6. The molecule has 0 heterocycles. The van der Waals surface area contributed by atoms with Crippen LogP contribution in [0, 0.1) is 0 Å². The number of methoxy groups -OCH3 is 2. The topological polar surface area (TPSA) is 96.2 Å². The standard InChI is InChI=1S/C15H16O6/c1-20-9-5-8-6-12(21-2)14(10(17)3-4-16)15(19)13(8)11(18)7-9/h5-7,16,18-19H,3-4H2,1-2H3. The van der Waals surface area contributed by atoms with Gasteiger partial charge in [-0.1, -0.05) is 0 Å². The van der Waals surface area contributed by atoms with Crippen molar-refractivity contribution in [3.05, 3.63) is 23.8 Å². The number of carbonyl (C=O) groups excluding carboxylic acids is 1. The molecule has 0 unspecified atom stereocenters. The molecule has 21 heavy (non-hydrogen) atoms. The normalized spacial score (nSPS) is 10.6. The third-order valence-corrected chi connectivity index (χ3v) is 3.20. The van der Waals surface area contributed by atoms with Gasteiger partial charge in [-0.3, -0.25) is 4.79 Å². The SMILES string of the molecule is COc1cc(O)c2c(O)c(C(=O)CCO)c(OC)cc2c1. The Hall–Kier alpha value is -2.47. The highest BCUT2D eigenvalue weighted by Gasteiger charge is 2.22. The molecule has 2 aromatic carbocycles. The Kier molecular flexibility index (Phi) is 4.18. The maximum Gasteiger partial charge on any atom is 0.172 e. The smallest absolute Gasteiger partial charge is 0.172 e. The maximum atomic E-state index is 12.0. The highest BCUT2D eigenvalue weighted by atomic mass is 16.5. The zero-order valence-electron chi connectivity index (χ0n) is 11.7. The van der Waals surface area contributed by atoms with Gasteiger partial charge in [0.1, 0.15) is 28.6 Å². The van der Waals surface area contributed by atoms with Gasteiger partial charge in [0.25, 0.3) is 0 Å². The molecule has 3 N–H and O–H groups in total. The lowest BCUT2D eigenvalue weighted by atomic mass is 9.99. The number of phenols is 2. The molecule has 0 aliphatic carbocycles. The zero-order valence-corrected chi connectivity index (χ0v) is 11.7. The second kappa shape index (κ2) is 5.88. The van der Waals surface area contributed by atoms with Crippen molar-refractivity contribution >= 4 is 16.6 Å². The molecule has 2 rings (SSSR count). The van der Waals surface area contributed by atoms with Gasteiger partial charge >= 0.3 is 0 Å². The Balaban J connectivity index is 2.79. The summed E-state index contributed by atoms with van der Waals surface area (Å²) in [5.41, 5.74) is -0.0560. The van der Waals surface area contributed by atoms with E-state index in [1.165, 1.54) is 26.4 Å². The van der Waals surface area contributed by atoms with Crippen LogP contribution in [0.2, 0.25) is 0 Å². The fraction of sp³-hybridized carbons (Fsp3) is 0.267. The molecule has 0 amide bonds. The Morgan fingerprint density at radius 1 is 1.14 bits per heavy atom. The lowest BCUT2D eigenvalue weighted by Crippen LogP contribution is -2.05. The van der Waals surface area contributed by atoms with Gasteiger partial charge in [-0.2, -0.15) is 0 Å². The summed E-state index contributed by atoms with van der Waals surface area (Å²) in [5.74, 6) is -0.462. The quantitative estimate of drug-likeness (QED) is 0.728. The van der Waals surface area contributed by atoms with Crippen molar-refractivity contribution in [2.24, 2.45) is 0 Å². The molecule has 6 heteroatoms. The van der Waals surface area contributed by atoms with E-state index in [0.717, 1.165) is 0 Å². The van der Waals surface area contributed by atoms with Gasteiger partial charge in [-0.25, -0.2) is 0 Å². The number of fused-ring (bicyclic) bond motifs is 1. The molecule has 0 saturated heterocycles. The van der Waals surface area contributed by atoms with Gasteiger partial charge < -0.3 is 24.8 Å². The number of phenolic OH excluding ortho intramolecular Hbond substituents is 2. The number of hydrogen-bond acceptors (Lipinski definition) is 6. The number of aliphatic hydroxyl groups is 1. The van der Waals surface area contributed by atoms with Crippen molar-refractivity contribution in [2.45, 2.75) is 6.42 Å². The van der Waals surface area contributed by atoms with Gasteiger partial charge in [-0.15, -0.1) is 0 Å². The number of Topliss-reactive ketones (excluding diaryl/α,β-unsaturated/α-hetero) is 1. The minimum atomic E-state index is -0.469. The lowest BCUT2D eigenvalue weighted by molar-refractivity contribution is 0.0951. The van der Waals surface area contributed by atoms with Crippen LogP contribution in [0.5, 0.6) is 23.0 Å². The minimum absolute atomic E-state index is 0.0560. The maximum absolute atomic E-state index is 12.0. The first-order valence-corrected chi connectivity index (χ1v) is 6.28. The fourth-order valence-electron chi connectivity index (χ4n) is 2.22. The van der Waals surface area contributed by atoms with Crippen LogP contribution in [0.15, 0.2) is 18.2 Å². The van der Waals surface area contributed by atoms with E-state index in [4.69, 9.17) is 14.6 Å². The fourth-order valence-corrected chi connectivity index (χ4v) is 2.22. The van der Waals surface area contributed by atoms with E-state index in [9.17, 15) is 15.0 Å². The molecule has 0 fully saturated rings. The third-order valence-electron chi connectivity index (χ3n) is 3.20. The van der Waals surface area contributed by atoms with E-state index < -0.39 is 5.78 Å². The molecular weight excluding hydrogens is 276 g/mol. The first kappa shape index (κ1) is 14.9. The van der Waals surface area contributed by atoms with Crippen LogP contribution in [-0.4, -0.2) is 41.9 Å². The average molecular weight is 292 g/mol. The molecule has 0 radical (unpaired) electrons. The van der Waals surface area contributed by atoms with E-state index in [1.54, 1.807) is 6.07 Å². The predicted octanol–water partition coefficient (Wildman–Crippen LogP) is 1.83. The highest BCUT2D eigenvalue weighted by Crippen LogP contribution is 2.42. The summed E-state index contributed by atoms with van der Waals surface area (Å²) >= 11 is 0. The molecule has 0 bridgehead atoms. The highest BCUT2D eigenvalue weighted by molar-refractivity contribution is 6.09. The van der Waals surface area contributed by atoms with E-state index in [1.807, 2.05) is 0 Å². The molecule has 112 valence electrons. The molecule has 0 atom stereocenters. The van der Waals surface area contributed by atoms with E-state index >= 15 is 0 Å². The second-order valence-electron chi connectivity index (χ2n) is 4.44. The van der Waals surface area contributed by atoms with E-state index in [2.05, 4.69) is 0 Å². The number of aliphatic hydroxyl groups excluding tert-OH is 1. The molecule has 0 spiro atoms. The number of benzene rings is 2. The van der Waals surface area contributed by atoms with E-state index in [0.29, 0.717) is 11.1 Å². The molecule has 2 aromatic rings. The van der Waals surface area contributed by atoms with Crippen molar-refractivity contribution in [1.29, 1.82) is 0 Å². The van der Waals surface area contributed by atoms with Gasteiger partial charge in [0.05, 0.1) is 26.2 Å². The Morgan fingerprint density at radius 3 is 2.43 bits per heavy atom. The predicted molar refractivity (Wildman–Crippen MR) is 76.4 cm³/mol. The van der Waals surface area contributed by atoms with Gasteiger partial charge in [0.15, 0.2) is 5.78 Å². The van der Waals surface area contributed by atoms with Crippen molar-refractivity contribution in [3.8, 4) is 23.0 Å². The summed E-state index contributed by atoms with van der Waals surface area (Å²) in [6.45, 7) is -0.339. The monoisotopic (exact) mass is 292 g/mol. The summed E-state index contributed by atoms with van der Waals surface area (Å²) in [7, 11) is 2.83. The van der Waals surface area contributed by atoms with Crippen LogP contribution in [0.25, 0.3) is 10.8 Å². The summed E-state index contributed by atoms with van der Waals surface area (Å²) < 4.78 is 10.2. The van der Waals surface area contributed by atoms with Crippen LogP contribution >= 0.6 is 0 Å². The largest absolute Gasteiger partial charge is 0.507 e. The summed E-state index contributed by atoms with van der Waals surface area (Å²) in [6.07, 6.45) is -0.146.